The number of amides is 2. The number of piperidine rings is 1. The van der Waals surface area contributed by atoms with Crippen LogP contribution >= 0.6 is 12.2 Å². The first-order chi connectivity index (χ1) is 13.5. The molecule has 154 valence electrons. The normalized spacial score (nSPS) is 16.8. The number of thiocarbonyl (C=S) groups is 1. The van der Waals surface area contributed by atoms with Gasteiger partial charge in [0.15, 0.2) is 5.11 Å². The first kappa shape index (κ1) is 22.1. The lowest BCUT2D eigenvalue weighted by Gasteiger charge is -2.37. The molecule has 1 fully saturated rings. The van der Waals surface area contributed by atoms with E-state index in [4.69, 9.17) is 12.2 Å². The minimum absolute atomic E-state index is 0.0741. The maximum absolute atomic E-state index is 12.9. The second-order valence-corrected chi connectivity index (χ2v) is 7.68. The van der Waals surface area contributed by atoms with Crippen LogP contribution in [0.15, 0.2) is 30.3 Å². The average molecular weight is 405 g/mol. The molecule has 7 heteroatoms. The van der Waals surface area contributed by atoms with Crippen LogP contribution in [0.25, 0.3) is 0 Å². The van der Waals surface area contributed by atoms with Gasteiger partial charge in [-0.05, 0) is 63.4 Å². The van der Waals surface area contributed by atoms with E-state index < -0.39 is 6.04 Å². The monoisotopic (exact) mass is 404 g/mol. The van der Waals surface area contributed by atoms with Crippen molar-refractivity contribution in [2.45, 2.75) is 52.1 Å². The Bertz CT molecular complexity index is 660. The Balaban J connectivity index is 2.07. The Morgan fingerprint density at radius 3 is 2.36 bits per heavy atom. The zero-order valence-corrected chi connectivity index (χ0v) is 17.8. The molecule has 6 nitrogen and oxygen atoms in total. The molecule has 1 aliphatic rings. The van der Waals surface area contributed by atoms with E-state index in [2.05, 4.69) is 20.9 Å². The Morgan fingerprint density at radius 2 is 1.79 bits per heavy atom. The molecule has 1 aromatic rings. The van der Waals surface area contributed by atoms with Gasteiger partial charge in [0.25, 0.3) is 5.91 Å². The molecule has 0 aliphatic carbocycles. The van der Waals surface area contributed by atoms with Crippen LogP contribution in [0.5, 0.6) is 0 Å². The van der Waals surface area contributed by atoms with Gasteiger partial charge in [-0.2, -0.15) is 0 Å². The highest BCUT2D eigenvalue weighted by atomic mass is 32.1. The van der Waals surface area contributed by atoms with Gasteiger partial charge in [0.2, 0.25) is 5.91 Å². The highest BCUT2D eigenvalue weighted by Crippen LogP contribution is 2.22. The number of rotatable bonds is 7. The summed E-state index contributed by atoms with van der Waals surface area (Å²) in [6, 6.07) is 8.56. The molecule has 1 heterocycles. The fourth-order valence-electron chi connectivity index (χ4n) is 3.35. The first-order valence-electron chi connectivity index (χ1n) is 10.1. The Hall–Kier alpha value is -2.15. The molecule has 2 rings (SSSR count). The second-order valence-electron chi connectivity index (χ2n) is 7.30. The number of likely N-dealkylation sites (tertiary alicyclic amines) is 1. The van der Waals surface area contributed by atoms with Gasteiger partial charge in [-0.1, -0.05) is 25.1 Å². The van der Waals surface area contributed by atoms with E-state index in [1.54, 1.807) is 12.1 Å². The van der Waals surface area contributed by atoms with Crippen molar-refractivity contribution in [3.8, 4) is 0 Å². The van der Waals surface area contributed by atoms with Gasteiger partial charge in [0, 0.05) is 31.2 Å². The van der Waals surface area contributed by atoms with Crippen molar-refractivity contribution in [1.29, 1.82) is 0 Å². The lowest BCUT2D eigenvalue weighted by Crippen LogP contribution is -2.55. The second kappa shape index (κ2) is 11.0. The molecular formula is C21H32N4O2S. The van der Waals surface area contributed by atoms with Crippen LogP contribution in [0.1, 0.15) is 50.4 Å². The van der Waals surface area contributed by atoms with Gasteiger partial charge in [-0.25, -0.2) is 0 Å². The molecule has 1 aromatic carbocycles. The van der Waals surface area contributed by atoms with Crippen molar-refractivity contribution in [2.75, 3.05) is 19.6 Å². The number of nitrogens with zero attached hydrogens (tertiary/aromatic N) is 1. The molecule has 0 bridgehead atoms. The predicted octanol–water partition coefficient (Wildman–Crippen LogP) is 2.31. The molecule has 0 saturated carbocycles. The fourth-order valence-corrected chi connectivity index (χ4v) is 3.67. The standard InChI is InChI=1S/C21H32N4O2S/c1-4-15(3)23-20(27)18(24-19(26)17-9-7-6-8-10-17)16-11-13-25(14-12-16)21(28)22-5-2/h6-10,15-16,18H,4-5,11-14H2,1-3H3,(H,22,28)(H,23,27)(H,24,26)/t15-,18-/m1/s1. The van der Waals surface area contributed by atoms with Gasteiger partial charge in [-0.3, -0.25) is 9.59 Å². The van der Waals surface area contributed by atoms with E-state index in [0.29, 0.717) is 5.56 Å². The largest absolute Gasteiger partial charge is 0.363 e. The first-order valence-corrected chi connectivity index (χ1v) is 10.6. The molecule has 0 radical (unpaired) electrons. The Morgan fingerprint density at radius 1 is 1.14 bits per heavy atom. The SMILES string of the molecule is CCNC(=S)N1CCC([C@@H](NC(=O)c2ccccc2)C(=O)N[C@H](C)CC)CC1. The number of hydrogen-bond donors (Lipinski definition) is 3. The third kappa shape index (κ3) is 6.19. The average Bonchev–Trinajstić information content (AvgIpc) is 2.72. The Labute approximate surface area is 173 Å². The van der Waals surface area contributed by atoms with Crippen molar-refractivity contribution in [3.63, 3.8) is 0 Å². The van der Waals surface area contributed by atoms with Crippen LogP contribution < -0.4 is 16.0 Å². The van der Waals surface area contributed by atoms with E-state index in [-0.39, 0.29) is 23.8 Å². The minimum Gasteiger partial charge on any atom is -0.363 e. The van der Waals surface area contributed by atoms with Crippen LogP contribution in [0.3, 0.4) is 0 Å². The van der Waals surface area contributed by atoms with Crippen molar-refractivity contribution in [2.24, 2.45) is 5.92 Å². The van der Waals surface area contributed by atoms with Crippen LogP contribution in [0.4, 0.5) is 0 Å². The quantitative estimate of drug-likeness (QED) is 0.608. The molecule has 0 spiro atoms. The maximum atomic E-state index is 12.9. The summed E-state index contributed by atoms with van der Waals surface area (Å²) in [5.41, 5.74) is 0.564. The number of carbonyl (C=O) groups is 2. The lowest BCUT2D eigenvalue weighted by molar-refractivity contribution is -0.125. The van der Waals surface area contributed by atoms with Crippen molar-refractivity contribution < 1.29 is 9.59 Å². The van der Waals surface area contributed by atoms with Gasteiger partial charge >= 0.3 is 0 Å². The van der Waals surface area contributed by atoms with E-state index in [0.717, 1.165) is 44.0 Å². The number of benzene rings is 1. The van der Waals surface area contributed by atoms with Crippen LogP contribution in [-0.2, 0) is 4.79 Å². The number of hydrogen-bond acceptors (Lipinski definition) is 3. The highest BCUT2D eigenvalue weighted by Gasteiger charge is 2.33. The van der Waals surface area contributed by atoms with Gasteiger partial charge in [0.1, 0.15) is 6.04 Å². The summed E-state index contributed by atoms with van der Waals surface area (Å²) < 4.78 is 0. The summed E-state index contributed by atoms with van der Waals surface area (Å²) in [7, 11) is 0. The van der Waals surface area contributed by atoms with E-state index >= 15 is 0 Å². The van der Waals surface area contributed by atoms with Gasteiger partial charge in [0.05, 0.1) is 0 Å². The summed E-state index contributed by atoms with van der Waals surface area (Å²) >= 11 is 5.40. The maximum Gasteiger partial charge on any atom is 0.251 e. The lowest BCUT2D eigenvalue weighted by atomic mass is 9.88. The summed E-state index contributed by atoms with van der Waals surface area (Å²) in [4.78, 5) is 27.7. The Kier molecular flexibility index (Phi) is 8.70. The summed E-state index contributed by atoms with van der Waals surface area (Å²) in [5.74, 6) is -0.237. The van der Waals surface area contributed by atoms with Crippen LogP contribution in [0.2, 0.25) is 0 Å². The zero-order chi connectivity index (χ0) is 20.5. The van der Waals surface area contributed by atoms with Crippen molar-refractivity contribution in [1.82, 2.24) is 20.9 Å². The predicted molar refractivity (Wildman–Crippen MR) is 116 cm³/mol. The molecule has 1 aliphatic heterocycles. The fraction of sp³-hybridized carbons (Fsp3) is 0.571. The van der Waals surface area contributed by atoms with E-state index in [9.17, 15) is 9.59 Å². The highest BCUT2D eigenvalue weighted by molar-refractivity contribution is 7.80. The van der Waals surface area contributed by atoms with Crippen LogP contribution in [0, 0.1) is 5.92 Å². The molecule has 3 N–H and O–H groups in total. The smallest absolute Gasteiger partial charge is 0.251 e. The summed E-state index contributed by atoms with van der Waals surface area (Å²) in [6.07, 6.45) is 2.46. The molecular weight excluding hydrogens is 372 g/mol. The molecule has 2 atom stereocenters. The zero-order valence-electron chi connectivity index (χ0n) is 17.0. The molecule has 28 heavy (non-hydrogen) atoms. The third-order valence-corrected chi connectivity index (χ3v) is 5.63. The van der Waals surface area contributed by atoms with E-state index in [1.807, 2.05) is 39.0 Å². The van der Waals surface area contributed by atoms with Crippen LogP contribution in [-0.4, -0.2) is 53.5 Å². The summed E-state index contributed by atoms with van der Waals surface area (Å²) in [5, 5.41) is 9.95. The summed E-state index contributed by atoms with van der Waals surface area (Å²) in [6.45, 7) is 8.39. The molecule has 0 unspecified atom stereocenters. The van der Waals surface area contributed by atoms with Gasteiger partial charge in [-0.15, -0.1) is 0 Å². The molecule has 1 saturated heterocycles. The topological polar surface area (TPSA) is 73.5 Å². The number of nitrogens with one attached hydrogen (secondary N) is 3. The van der Waals surface area contributed by atoms with Gasteiger partial charge < -0.3 is 20.9 Å². The van der Waals surface area contributed by atoms with Crippen molar-refractivity contribution >= 4 is 29.1 Å². The number of carbonyl (C=O) groups excluding carboxylic acids is 2. The van der Waals surface area contributed by atoms with E-state index in [1.165, 1.54) is 0 Å². The minimum atomic E-state index is -0.545. The molecule has 2 amide bonds. The van der Waals surface area contributed by atoms with Crippen molar-refractivity contribution in [3.05, 3.63) is 35.9 Å². The third-order valence-electron chi connectivity index (χ3n) is 5.23. The molecule has 0 aromatic heterocycles.